The van der Waals surface area contributed by atoms with Gasteiger partial charge < -0.3 is 4.74 Å². The molecular weight excluding hydrogens is 262 g/mol. The molecule has 1 heterocycles. The fourth-order valence-corrected chi connectivity index (χ4v) is 2.43. The Kier molecular flexibility index (Phi) is 5.14. The number of carbonyl (C=O) groups is 1. The molecule has 3 nitrogen and oxygen atoms in total. The Morgan fingerprint density at radius 2 is 2.00 bits per heavy atom. The molecule has 0 radical (unpaired) electrons. The van der Waals surface area contributed by atoms with Crippen molar-refractivity contribution in [1.29, 1.82) is 0 Å². The molecule has 1 aliphatic heterocycles. The van der Waals surface area contributed by atoms with Crippen LogP contribution in [0.3, 0.4) is 0 Å². The van der Waals surface area contributed by atoms with Crippen molar-refractivity contribution in [2.24, 2.45) is 0 Å². The Labute approximate surface area is 118 Å². The number of halogens is 1. The fraction of sp³-hybridized carbons (Fsp3) is 0.400. The number of ether oxygens (including phenoxy) is 1. The Balaban J connectivity index is 2.19. The fourth-order valence-electron chi connectivity index (χ4n) is 2.31. The molecule has 0 N–H and O–H groups in total. The molecule has 1 aromatic carbocycles. The molecule has 102 valence electrons. The number of carbonyl (C=O) groups excluding carboxylic acids is 1. The van der Waals surface area contributed by atoms with Crippen LogP contribution < -0.4 is 0 Å². The van der Waals surface area contributed by atoms with E-state index in [9.17, 15) is 4.79 Å². The summed E-state index contributed by atoms with van der Waals surface area (Å²) >= 11 is 5.92. The van der Waals surface area contributed by atoms with Gasteiger partial charge >= 0.3 is 0 Å². The van der Waals surface area contributed by atoms with Crippen molar-refractivity contribution in [3.05, 3.63) is 47.5 Å². The summed E-state index contributed by atoms with van der Waals surface area (Å²) in [6.45, 7) is 6.67. The summed E-state index contributed by atoms with van der Waals surface area (Å²) in [4.78, 5) is 14.0. The average Bonchev–Trinajstić information content (AvgIpc) is 2.46. The Morgan fingerprint density at radius 3 is 2.58 bits per heavy atom. The lowest BCUT2D eigenvalue weighted by Gasteiger charge is -2.34. The second-order valence-electron chi connectivity index (χ2n) is 4.59. The molecule has 1 saturated heterocycles. The second kappa shape index (κ2) is 6.85. The highest BCUT2D eigenvalue weighted by molar-refractivity contribution is 6.30. The van der Waals surface area contributed by atoms with Crippen molar-refractivity contribution in [2.45, 2.75) is 12.5 Å². The largest absolute Gasteiger partial charge is 0.379 e. The van der Waals surface area contributed by atoms with Gasteiger partial charge in [-0.3, -0.25) is 9.69 Å². The number of rotatable bonds is 5. The second-order valence-corrected chi connectivity index (χ2v) is 5.03. The van der Waals surface area contributed by atoms with E-state index in [4.69, 9.17) is 16.3 Å². The van der Waals surface area contributed by atoms with Crippen molar-refractivity contribution < 1.29 is 9.53 Å². The van der Waals surface area contributed by atoms with E-state index in [-0.39, 0.29) is 11.8 Å². The third kappa shape index (κ3) is 3.90. The zero-order valence-electron chi connectivity index (χ0n) is 10.8. The van der Waals surface area contributed by atoms with Gasteiger partial charge in [-0.1, -0.05) is 30.3 Å². The molecule has 1 aromatic rings. The van der Waals surface area contributed by atoms with Crippen molar-refractivity contribution in [3.8, 4) is 0 Å². The molecular formula is C15H18ClNO2. The predicted octanol–water partition coefficient (Wildman–Crippen LogP) is 2.86. The van der Waals surface area contributed by atoms with Crippen LogP contribution in [0.15, 0.2) is 36.9 Å². The molecule has 19 heavy (non-hydrogen) atoms. The van der Waals surface area contributed by atoms with Gasteiger partial charge in [0.15, 0.2) is 5.78 Å². The predicted molar refractivity (Wildman–Crippen MR) is 76.4 cm³/mol. The maximum atomic E-state index is 11.7. The number of allylic oxidation sites excluding steroid dienone is 1. The Bertz CT molecular complexity index is 438. The van der Waals surface area contributed by atoms with Gasteiger partial charge in [-0.2, -0.15) is 0 Å². The van der Waals surface area contributed by atoms with Crippen LogP contribution in [0.1, 0.15) is 18.0 Å². The summed E-state index contributed by atoms with van der Waals surface area (Å²) in [5, 5.41) is 0.708. The van der Waals surface area contributed by atoms with E-state index in [1.807, 2.05) is 24.3 Å². The van der Waals surface area contributed by atoms with Gasteiger partial charge in [-0.05, 0) is 23.8 Å². The van der Waals surface area contributed by atoms with Crippen LogP contribution in [0.5, 0.6) is 0 Å². The maximum Gasteiger partial charge on any atom is 0.157 e. The zero-order chi connectivity index (χ0) is 13.7. The van der Waals surface area contributed by atoms with Gasteiger partial charge in [0.1, 0.15) is 0 Å². The number of benzene rings is 1. The highest BCUT2D eigenvalue weighted by atomic mass is 35.5. The molecule has 0 saturated carbocycles. The SMILES string of the molecule is C=CC(=O)CC(c1ccc(Cl)cc1)N1CCOCC1. The van der Waals surface area contributed by atoms with E-state index in [2.05, 4.69) is 11.5 Å². The lowest BCUT2D eigenvalue weighted by molar-refractivity contribution is -0.116. The van der Waals surface area contributed by atoms with Crippen LogP contribution in [0.25, 0.3) is 0 Å². The first kappa shape index (κ1) is 14.3. The van der Waals surface area contributed by atoms with E-state index < -0.39 is 0 Å². The molecule has 2 rings (SSSR count). The van der Waals surface area contributed by atoms with Crippen LogP contribution >= 0.6 is 11.6 Å². The summed E-state index contributed by atoms with van der Waals surface area (Å²) < 4.78 is 5.37. The van der Waals surface area contributed by atoms with Crippen LogP contribution in [-0.2, 0) is 9.53 Å². The molecule has 1 aliphatic rings. The summed E-state index contributed by atoms with van der Waals surface area (Å²) in [6.07, 6.45) is 1.84. The van der Waals surface area contributed by atoms with E-state index in [1.54, 1.807) is 0 Å². The molecule has 0 amide bonds. The van der Waals surface area contributed by atoms with Crippen LogP contribution in [0.4, 0.5) is 0 Å². The quantitative estimate of drug-likeness (QED) is 0.776. The van der Waals surface area contributed by atoms with Gasteiger partial charge in [0.05, 0.1) is 13.2 Å². The Hall–Kier alpha value is -1.16. The van der Waals surface area contributed by atoms with Gasteiger partial charge in [0.2, 0.25) is 0 Å². The number of hydrogen-bond acceptors (Lipinski definition) is 3. The minimum atomic E-state index is 0.0615. The average molecular weight is 280 g/mol. The number of hydrogen-bond donors (Lipinski definition) is 0. The summed E-state index contributed by atoms with van der Waals surface area (Å²) in [7, 11) is 0. The number of morpholine rings is 1. The lowest BCUT2D eigenvalue weighted by atomic mass is 9.99. The van der Waals surface area contributed by atoms with Crippen molar-refractivity contribution in [1.82, 2.24) is 4.90 Å². The summed E-state index contributed by atoms with van der Waals surface area (Å²) in [5.41, 5.74) is 1.11. The van der Waals surface area contributed by atoms with Crippen LogP contribution in [-0.4, -0.2) is 37.0 Å². The highest BCUT2D eigenvalue weighted by Gasteiger charge is 2.24. The first-order valence-corrected chi connectivity index (χ1v) is 6.81. The Morgan fingerprint density at radius 1 is 1.37 bits per heavy atom. The number of ketones is 1. The van der Waals surface area contributed by atoms with E-state index in [0.29, 0.717) is 24.7 Å². The smallest absolute Gasteiger partial charge is 0.157 e. The topological polar surface area (TPSA) is 29.5 Å². The van der Waals surface area contributed by atoms with Crippen molar-refractivity contribution >= 4 is 17.4 Å². The minimum Gasteiger partial charge on any atom is -0.379 e. The standard InChI is InChI=1S/C15H18ClNO2/c1-2-14(18)11-15(17-7-9-19-10-8-17)12-3-5-13(16)6-4-12/h2-6,15H,1,7-11H2. The van der Waals surface area contributed by atoms with E-state index in [0.717, 1.165) is 18.7 Å². The van der Waals surface area contributed by atoms with Gasteiger partial charge in [-0.15, -0.1) is 0 Å². The maximum absolute atomic E-state index is 11.7. The van der Waals surface area contributed by atoms with Crippen LogP contribution in [0, 0.1) is 0 Å². The monoisotopic (exact) mass is 279 g/mol. The zero-order valence-corrected chi connectivity index (χ0v) is 11.6. The minimum absolute atomic E-state index is 0.0615. The third-order valence-electron chi connectivity index (χ3n) is 3.36. The van der Waals surface area contributed by atoms with Gasteiger partial charge in [0, 0.05) is 30.6 Å². The van der Waals surface area contributed by atoms with Gasteiger partial charge in [-0.25, -0.2) is 0 Å². The molecule has 1 atom stereocenters. The molecule has 0 spiro atoms. The third-order valence-corrected chi connectivity index (χ3v) is 3.62. The van der Waals surface area contributed by atoms with E-state index >= 15 is 0 Å². The lowest BCUT2D eigenvalue weighted by Crippen LogP contribution is -2.39. The van der Waals surface area contributed by atoms with Crippen molar-refractivity contribution in [2.75, 3.05) is 26.3 Å². The van der Waals surface area contributed by atoms with Gasteiger partial charge in [0.25, 0.3) is 0 Å². The number of nitrogens with zero attached hydrogens (tertiary/aromatic N) is 1. The molecule has 0 aromatic heterocycles. The van der Waals surface area contributed by atoms with Crippen LogP contribution in [0.2, 0.25) is 5.02 Å². The van der Waals surface area contributed by atoms with Crippen molar-refractivity contribution in [3.63, 3.8) is 0 Å². The molecule has 1 fully saturated rings. The first-order valence-electron chi connectivity index (χ1n) is 6.43. The highest BCUT2D eigenvalue weighted by Crippen LogP contribution is 2.26. The first-order chi connectivity index (χ1) is 9.20. The summed E-state index contributed by atoms with van der Waals surface area (Å²) in [6, 6.07) is 7.77. The summed E-state index contributed by atoms with van der Waals surface area (Å²) in [5.74, 6) is 0.0615. The molecule has 0 aliphatic carbocycles. The molecule has 0 bridgehead atoms. The normalized spacial score (nSPS) is 17.9. The molecule has 4 heteroatoms. The molecule has 1 unspecified atom stereocenters. The van der Waals surface area contributed by atoms with E-state index in [1.165, 1.54) is 6.08 Å².